The highest BCUT2D eigenvalue weighted by Gasteiger charge is 2.50. The van der Waals surface area contributed by atoms with E-state index in [2.05, 4.69) is 54.8 Å². The molecule has 1 aliphatic heterocycles. The second-order valence-electron chi connectivity index (χ2n) is 15.2. The van der Waals surface area contributed by atoms with E-state index in [4.69, 9.17) is 13.9 Å². The first-order chi connectivity index (χ1) is 24.5. The fourth-order valence-corrected chi connectivity index (χ4v) is 6.54. The van der Waals surface area contributed by atoms with Gasteiger partial charge in [0.05, 0.1) is 12.6 Å². The number of aromatic amines is 1. The quantitative estimate of drug-likeness (QED) is 0.0870. The summed E-state index contributed by atoms with van der Waals surface area (Å²) in [5.74, 6) is -0.629. The number of ether oxygens (including phenoxy) is 2. The van der Waals surface area contributed by atoms with E-state index < -0.39 is 50.0 Å². The van der Waals surface area contributed by atoms with Gasteiger partial charge in [0.2, 0.25) is 20.1 Å². The predicted octanol–water partition coefficient (Wildman–Crippen LogP) is 5.98. The van der Waals surface area contributed by atoms with Gasteiger partial charge in [0, 0.05) is 23.5 Å². The first kappa shape index (κ1) is 38.3. The van der Waals surface area contributed by atoms with Crippen LogP contribution in [0.1, 0.15) is 51.3 Å². The Kier molecular flexibility index (Phi) is 11.6. The zero-order chi connectivity index (χ0) is 37.7. The lowest BCUT2D eigenvalue weighted by molar-refractivity contribution is -0.133. The van der Waals surface area contributed by atoms with Gasteiger partial charge in [-0.15, -0.1) is 0 Å². The highest BCUT2D eigenvalue weighted by molar-refractivity contribution is 6.74. The number of benzene rings is 3. The molecule has 0 bridgehead atoms. The average Bonchev–Trinajstić information content (AvgIpc) is 3.73. The Labute approximate surface area is 306 Å². The first-order valence-corrected chi connectivity index (χ1v) is 20.5. The molecule has 0 spiro atoms. The molecule has 11 nitrogen and oxygen atoms in total. The summed E-state index contributed by atoms with van der Waals surface area (Å²) in [7, 11) is -2.05. The molecule has 1 unspecified atom stereocenters. The summed E-state index contributed by atoms with van der Waals surface area (Å²) in [6.45, 7) is 14.4. The molecule has 4 aromatic rings. The van der Waals surface area contributed by atoms with Crippen LogP contribution in [0, 0.1) is 0 Å². The summed E-state index contributed by atoms with van der Waals surface area (Å²) < 4.78 is 17.2. The normalized spacial score (nSPS) is 17.4. The number of hydrogen-bond donors (Lipinski definition) is 4. The van der Waals surface area contributed by atoms with E-state index in [1.165, 1.54) is 6.92 Å². The number of carbonyl (C=O) groups excluding carboxylic acids is 4. The molecule has 0 aliphatic carbocycles. The van der Waals surface area contributed by atoms with Crippen molar-refractivity contribution in [1.29, 1.82) is 0 Å². The van der Waals surface area contributed by atoms with E-state index >= 15 is 0 Å². The number of amides is 3. The lowest BCUT2D eigenvalue weighted by atomic mass is 9.94. The highest BCUT2D eigenvalue weighted by Crippen LogP contribution is 2.37. The summed E-state index contributed by atoms with van der Waals surface area (Å²) in [6, 6.07) is 21.4. The fourth-order valence-electron chi connectivity index (χ4n) is 5.51. The molecule has 52 heavy (non-hydrogen) atoms. The number of para-hydroxylation sites is 1. The predicted molar refractivity (Wildman–Crippen MR) is 202 cm³/mol. The van der Waals surface area contributed by atoms with Gasteiger partial charge in [0.1, 0.15) is 30.0 Å². The molecule has 5 rings (SSSR count). The van der Waals surface area contributed by atoms with Crippen molar-refractivity contribution in [1.82, 2.24) is 20.9 Å². The molecule has 0 radical (unpaired) electrons. The number of fused-ring (bicyclic) bond motifs is 1. The molecule has 3 aromatic carbocycles. The molecule has 0 saturated carbocycles. The number of rotatable bonds is 15. The molecule has 1 aromatic heterocycles. The smallest absolute Gasteiger partial charge is 0.408 e. The molecule has 4 N–H and O–H groups in total. The Hall–Kier alpha value is -4.94. The minimum Gasteiger partial charge on any atom is -0.544 e. The number of nitrogens with one attached hydrogen (secondary N) is 4. The molecular formula is C40H50N4O7Si. The zero-order valence-electron chi connectivity index (χ0n) is 31.0. The number of ketones is 1. The molecule has 12 heteroatoms. The third kappa shape index (κ3) is 9.68. The van der Waals surface area contributed by atoms with Crippen LogP contribution in [0.5, 0.6) is 5.75 Å². The van der Waals surface area contributed by atoms with Crippen LogP contribution in [0.2, 0.25) is 18.1 Å². The van der Waals surface area contributed by atoms with Crippen LogP contribution in [0.15, 0.2) is 85.1 Å². The van der Waals surface area contributed by atoms with Gasteiger partial charge in [-0.3, -0.25) is 14.4 Å². The van der Waals surface area contributed by atoms with E-state index in [0.717, 1.165) is 33.3 Å². The van der Waals surface area contributed by atoms with Crippen molar-refractivity contribution >= 4 is 42.9 Å². The van der Waals surface area contributed by atoms with E-state index in [0.29, 0.717) is 0 Å². The average molecular weight is 727 g/mol. The third-order valence-corrected chi connectivity index (χ3v) is 14.3. The largest absolute Gasteiger partial charge is 0.544 e. The van der Waals surface area contributed by atoms with Crippen molar-refractivity contribution in [2.45, 2.75) is 95.9 Å². The minimum absolute atomic E-state index is 0.0331. The Morgan fingerprint density at radius 3 is 2.13 bits per heavy atom. The lowest BCUT2D eigenvalue weighted by Crippen LogP contribution is -2.57. The van der Waals surface area contributed by atoms with Gasteiger partial charge >= 0.3 is 6.09 Å². The first-order valence-electron chi connectivity index (χ1n) is 17.6. The molecule has 4 atom stereocenters. The van der Waals surface area contributed by atoms with Gasteiger partial charge in [-0.2, -0.15) is 0 Å². The Morgan fingerprint density at radius 2 is 1.48 bits per heavy atom. The van der Waals surface area contributed by atoms with Gasteiger partial charge in [-0.1, -0.05) is 81.4 Å². The highest BCUT2D eigenvalue weighted by atomic mass is 28.4. The third-order valence-electron chi connectivity index (χ3n) is 9.95. The molecule has 1 saturated heterocycles. The Morgan fingerprint density at radius 1 is 0.846 bits per heavy atom. The van der Waals surface area contributed by atoms with Gasteiger partial charge in [-0.05, 0) is 73.3 Å². The summed E-state index contributed by atoms with van der Waals surface area (Å²) in [5.41, 5.74) is 2.31. The van der Waals surface area contributed by atoms with Crippen LogP contribution in [0.4, 0.5) is 4.79 Å². The van der Waals surface area contributed by atoms with Crippen LogP contribution in [0.3, 0.4) is 0 Å². The summed E-state index contributed by atoms with van der Waals surface area (Å²) in [4.78, 5) is 57.1. The maximum atomic E-state index is 14.1. The summed E-state index contributed by atoms with van der Waals surface area (Å²) in [6.07, 6.45) is 1.37. The van der Waals surface area contributed by atoms with Crippen LogP contribution < -0.4 is 20.4 Å². The number of Topliss-reactive ketones (excluding diaryl/α,β-unsaturated/α-hetero) is 1. The number of H-pyrrole nitrogens is 1. The van der Waals surface area contributed by atoms with Crippen LogP contribution in [-0.2, 0) is 43.3 Å². The SMILES string of the molecule is C[C@@H](NC(=O)OCc1ccccc1)C(=O)NC(Cc1c[nH]c2ccccc12)C(=O)N[C@@H](Cc1ccc(O[Si](C)(C)C(C)(C)C)cc1)C(=O)[C@@]1(C)CO1. The number of alkyl carbamates (subject to hydrolysis) is 1. The van der Waals surface area contributed by atoms with Crippen LogP contribution in [0.25, 0.3) is 10.9 Å². The maximum absolute atomic E-state index is 14.1. The van der Waals surface area contributed by atoms with Gasteiger partial charge in [-0.25, -0.2) is 4.79 Å². The standard InChI is InChI=1S/C40H50N4O7Si/c1-26(42-38(48)49-24-28-13-9-8-10-14-28)36(46)44-34(22-29-23-41-32-16-12-11-15-31(29)32)37(47)43-33(35(45)40(5)25-50-40)21-27-17-19-30(20-18-27)51-52(6,7)39(2,3)4/h8-20,23,26,33-34,41H,21-22,24-25H2,1-7H3,(H,42,48)(H,43,47)(H,44,46)/t26-,33+,34?,40-/m1/s1. The Balaban J connectivity index is 1.32. The zero-order valence-corrected chi connectivity index (χ0v) is 32.0. The maximum Gasteiger partial charge on any atom is 0.408 e. The lowest BCUT2D eigenvalue weighted by Gasteiger charge is -2.36. The van der Waals surface area contributed by atoms with E-state index in [1.807, 2.05) is 78.9 Å². The van der Waals surface area contributed by atoms with Crippen LogP contribution in [-0.4, -0.2) is 67.3 Å². The number of hydrogen-bond acceptors (Lipinski definition) is 7. The van der Waals surface area contributed by atoms with E-state index in [-0.39, 0.29) is 36.9 Å². The molecule has 1 aliphatic rings. The van der Waals surface area contributed by atoms with Crippen molar-refractivity contribution in [2.75, 3.05) is 6.61 Å². The van der Waals surface area contributed by atoms with E-state index in [1.54, 1.807) is 13.1 Å². The molecule has 3 amide bonds. The molecule has 276 valence electrons. The van der Waals surface area contributed by atoms with Crippen LogP contribution >= 0.6 is 0 Å². The van der Waals surface area contributed by atoms with Gasteiger partial charge < -0.3 is 34.8 Å². The Bertz CT molecular complexity index is 1880. The van der Waals surface area contributed by atoms with Crippen molar-refractivity contribution < 1.29 is 33.1 Å². The molecular weight excluding hydrogens is 677 g/mol. The minimum atomic E-state index is -2.05. The van der Waals surface area contributed by atoms with Gasteiger partial charge in [0.15, 0.2) is 5.78 Å². The second kappa shape index (κ2) is 15.7. The van der Waals surface area contributed by atoms with Crippen molar-refractivity contribution in [3.63, 3.8) is 0 Å². The molecule has 2 heterocycles. The summed E-state index contributed by atoms with van der Waals surface area (Å²) in [5, 5.41) is 9.22. The fraction of sp³-hybridized carbons (Fsp3) is 0.400. The molecule has 1 fully saturated rings. The van der Waals surface area contributed by atoms with Gasteiger partial charge in [0.25, 0.3) is 0 Å². The second-order valence-corrected chi connectivity index (χ2v) is 19.9. The summed E-state index contributed by atoms with van der Waals surface area (Å²) >= 11 is 0. The van der Waals surface area contributed by atoms with Crippen molar-refractivity contribution in [3.05, 3.63) is 102 Å². The number of aromatic nitrogens is 1. The van der Waals surface area contributed by atoms with Crippen molar-refractivity contribution in [3.8, 4) is 5.75 Å². The number of carbonyl (C=O) groups is 4. The number of epoxide rings is 1. The topological polar surface area (TPSA) is 151 Å². The van der Waals surface area contributed by atoms with E-state index in [9.17, 15) is 19.2 Å². The van der Waals surface area contributed by atoms with Crippen molar-refractivity contribution in [2.24, 2.45) is 0 Å². The monoisotopic (exact) mass is 726 g/mol.